The number of H-pyrrole nitrogens is 1. The van der Waals surface area contributed by atoms with Gasteiger partial charge in [-0.05, 0) is 42.3 Å². The van der Waals surface area contributed by atoms with Crippen molar-refractivity contribution in [2.75, 3.05) is 18.4 Å². The molecule has 2 amide bonds. The second kappa shape index (κ2) is 10.1. The van der Waals surface area contributed by atoms with E-state index in [0.29, 0.717) is 18.8 Å². The number of rotatable bonds is 9. The van der Waals surface area contributed by atoms with Crippen LogP contribution in [0.1, 0.15) is 38.1 Å². The molecule has 0 saturated carbocycles. The molecule has 0 aliphatic carbocycles. The van der Waals surface area contributed by atoms with Gasteiger partial charge in [0.1, 0.15) is 6.04 Å². The van der Waals surface area contributed by atoms with E-state index in [9.17, 15) is 18.0 Å². The summed E-state index contributed by atoms with van der Waals surface area (Å²) in [5, 5.41) is 13.2. The van der Waals surface area contributed by atoms with Gasteiger partial charge >= 0.3 is 0 Å². The summed E-state index contributed by atoms with van der Waals surface area (Å²) in [6.45, 7) is 7.82. The maximum absolute atomic E-state index is 12.9. The van der Waals surface area contributed by atoms with Crippen molar-refractivity contribution < 1.29 is 18.0 Å². The van der Waals surface area contributed by atoms with Gasteiger partial charge in [0.15, 0.2) is 0 Å². The van der Waals surface area contributed by atoms with Crippen molar-refractivity contribution in [3.63, 3.8) is 0 Å². The Kier molecular flexibility index (Phi) is 7.50. The molecule has 1 atom stereocenters. The van der Waals surface area contributed by atoms with Crippen LogP contribution in [-0.2, 0) is 14.8 Å². The van der Waals surface area contributed by atoms with Crippen LogP contribution in [0.15, 0.2) is 53.6 Å². The molecule has 3 aromatic rings. The number of hydrogen-bond donors (Lipinski definition) is 3. The number of aromatic amines is 1. The number of aromatic nitrogens is 2. The van der Waals surface area contributed by atoms with Crippen molar-refractivity contribution in [3.8, 4) is 0 Å². The molecule has 1 aromatic heterocycles. The van der Waals surface area contributed by atoms with Crippen LogP contribution in [0.3, 0.4) is 0 Å². The number of carbonyl (C=O) groups excluding carboxylic acids is 2. The average Bonchev–Trinajstić information content (AvgIpc) is 3.25. The first-order valence-electron chi connectivity index (χ1n) is 10.8. The van der Waals surface area contributed by atoms with Crippen LogP contribution in [-0.4, -0.2) is 53.9 Å². The third kappa shape index (κ3) is 5.40. The van der Waals surface area contributed by atoms with Crippen LogP contribution in [0.25, 0.3) is 10.9 Å². The Bertz CT molecular complexity index is 1250. The maximum atomic E-state index is 12.9. The topological polar surface area (TPSA) is 124 Å². The summed E-state index contributed by atoms with van der Waals surface area (Å²) in [7, 11) is -3.71. The molecule has 33 heavy (non-hydrogen) atoms. The van der Waals surface area contributed by atoms with Gasteiger partial charge in [0, 0.05) is 29.7 Å². The van der Waals surface area contributed by atoms with E-state index in [0.717, 1.165) is 10.9 Å². The fourth-order valence-electron chi connectivity index (χ4n) is 3.51. The van der Waals surface area contributed by atoms with Crippen LogP contribution in [0.4, 0.5) is 5.69 Å². The van der Waals surface area contributed by atoms with Crippen molar-refractivity contribution in [2.24, 2.45) is 5.92 Å². The number of amides is 2. The van der Waals surface area contributed by atoms with E-state index in [1.807, 2.05) is 19.9 Å². The number of sulfonamides is 1. The molecule has 0 aliphatic heterocycles. The third-order valence-electron chi connectivity index (χ3n) is 5.38. The number of anilines is 1. The average molecular weight is 472 g/mol. The highest BCUT2D eigenvalue weighted by atomic mass is 32.2. The number of hydrogen-bond acceptors (Lipinski definition) is 5. The van der Waals surface area contributed by atoms with Gasteiger partial charge in [-0.1, -0.05) is 33.8 Å². The van der Waals surface area contributed by atoms with E-state index in [-0.39, 0.29) is 22.3 Å². The summed E-state index contributed by atoms with van der Waals surface area (Å²) in [4.78, 5) is 25.9. The van der Waals surface area contributed by atoms with E-state index >= 15 is 0 Å². The Morgan fingerprint density at radius 2 is 1.82 bits per heavy atom. The summed E-state index contributed by atoms with van der Waals surface area (Å²) >= 11 is 0. The highest BCUT2D eigenvalue weighted by Gasteiger charge is 2.26. The predicted molar refractivity (Wildman–Crippen MR) is 127 cm³/mol. The standard InChI is InChI=1S/C23H29N5O4S/c1-5-28(6-2)33(31,32)19-9-7-8-16(13-19)22(29)26-21(15(3)4)23(30)25-18-10-11-20-17(12-18)14-24-27-20/h7-15,21H,5-6H2,1-4H3,(H,24,27)(H,25,30)(H,26,29). The molecule has 10 heteroatoms. The van der Waals surface area contributed by atoms with Crippen LogP contribution in [0.5, 0.6) is 0 Å². The fourth-order valence-corrected chi connectivity index (χ4v) is 5.01. The maximum Gasteiger partial charge on any atom is 0.251 e. The minimum absolute atomic E-state index is 0.0396. The molecular weight excluding hydrogens is 442 g/mol. The van der Waals surface area contributed by atoms with E-state index in [1.54, 1.807) is 32.2 Å². The molecule has 0 radical (unpaired) electrons. The number of nitrogens with one attached hydrogen (secondary N) is 3. The first kappa shape index (κ1) is 24.4. The molecule has 176 valence electrons. The Morgan fingerprint density at radius 1 is 1.09 bits per heavy atom. The Labute approximate surface area is 193 Å². The van der Waals surface area contributed by atoms with Crippen molar-refractivity contribution >= 4 is 38.4 Å². The lowest BCUT2D eigenvalue weighted by molar-refractivity contribution is -0.118. The van der Waals surface area contributed by atoms with Crippen molar-refractivity contribution in [3.05, 3.63) is 54.2 Å². The monoisotopic (exact) mass is 471 g/mol. The lowest BCUT2D eigenvalue weighted by atomic mass is 10.0. The highest BCUT2D eigenvalue weighted by molar-refractivity contribution is 7.89. The van der Waals surface area contributed by atoms with E-state index in [2.05, 4.69) is 20.8 Å². The molecule has 0 aliphatic rings. The second-order valence-corrected chi connectivity index (χ2v) is 9.91. The highest BCUT2D eigenvalue weighted by Crippen LogP contribution is 2.19. The minimum Gasteiger partial charge on any atom is -0.340 e. The predicted octanol–water partition coefficient (Wildman–Crippen LogP) is 2.99. The van der Waals surface area contributed by atoms with Crippen LogP contribution in [0.2, 0.25) is 0 Å². The number of carbonyl (C=O) groups is 2. The van der Waals surface area contributed by atoms with Gasteiger partial charge in [-0.2, -0.15) is 9.40 Å². The second-order valence-electron chi connectivity index (χ2n) is 7.97. The van der Waals surface area contributed by atoms with Crippen LogP contribution >= 0.6 is 0 Å². The molecular formula is C23H29N5O4S. The van der Waals surface area contributed by atoms with Crippen LogP contribution < -0.4 is 10.6 Å². The normalized spacial score (nSPS) is 12.8. The van der Waals surface area contributed by atoms with E-state index < -0.39 is 22.0 Å². The molecule has 1 heterocycles. The van der Waals surface area contributed by atoms with Crippen molar-refractivity contribution in [2.45, 2.75) is 38.6 Å². The molecule has 0 spiro atoms. The smallest absolute Gasteiger partial charge is 0.251 e. The van der Waals surface area contributed by atoms with Crippen molar-refractivity contribution in [1.82, 2.24) is 19.8 Å². The number of nitrogens with zero attached hydrogens (tertiary/aromatic N) is 2. The molecule has 3 rings (SSSR count). The third-order valence-corrected chi connectivity index (χ3v) is 7.43. The van der Waals surface area contributed by atoms with Gasteiger partial charge < -0.3 is 10.6 Å². The Hall–Kier alpha value is -3.24. The molecule has 3 N–H and O–H groups in total. The fraction of sp³-hybridized carbons (Fsp3) is 0.348. The lowest BCUT2D eigenvalue weighted by Crippen LogP contribution is -2.47. The largest absolute Gasteiger partial charge is 0.340 e. The quantitative estimate of drug-likeness (QED) is 0.443. The zero-order chi connectivity index (χ0) is 24.2. The summed E-state index contributed by atoms with van der Waals surface area (Å²) in [5.41, 5.74) is 1.60. The van der Waals surface area contributed by atoms with Crippen LogP contribution in [0, 0.1) is 5.92 Å². The summed E-state index contributed by atoms with van der Waals surface area (Å²) < 4.78 is 26.9. The lowest BCUT2D eigenvalue weighted by Gasteiger charge is -2.22. The first-order valence-corrected chi connectivity index (χ1v) is 12.3. The Morgan fingerprint density at radius 3 is 2.48 bits per heavy atom. The van der Waals surface area contributed by atoms with E-state index in [1.165, 1.54) is 28.6 Å². The van der Waals surface area contributed by atoms with E-state index in [4.69, 9.17) is 0 Å². The molecule has 0 fully saturated rings. The molecule has 0 bridgehead atoms. The van der Waals surface area contributed by atoms with Crippen molar-refractivity contribution in [1.29, 1.82) is 0 Å². The van der Waals surface area contributed by atoms with Gasteiger partial charge in [0.05, 0.1) is 16.6 Å². The minimum atomic E-state index is -3.71. The number of benzene rings is 2. The van der Waals surface area contributed by atoms with Gasteiger partial charge in [0.25, 0.3) is 5.91 Å². The Balaban J connectivity index is 1.78. The summed E-state index contributed by atoms with van der Waals surface area (Å²) in [6.07, 6.45) is 1.66. The first-order chi connectivity index (χ1) is 15.7. The molecule has 9 nitrogen and oxygen atoms in total. The summed E-state index contributed by atoms with van der Waals surface area (Å²) in [6, 6.07) is 10.4. The van der Waals surface area contributed by atoms with Gasteiger partial charge in [-0.3, -0.25) is 14.7 Å². The number of fused-ring (bicyclic) bond motifs is 1. The zero-order valence-electron chi connectivity index (χ0n) is 19.1. The zero-order valence-corrected chi connectivity index (χ0v) is 19.9. The summed E-state index contributed by atoms with van der Waals surface area (Å²) in [5.74, 6) is -1.09. The SMILES string of the molecule is CCN(CC)S(=O)(=O)c1cccc(C(=O)NC(C(=O)Nc2ccc3[nH]ncc3c2)C(C)C)c1. The molecule has 2 aromatic carbocycles. The van der Waals surface area contributed by atoms with Gasteiger partial charge in [-0.25, -0.2) is 8.42 Å². The molecule has 0 saturated heterocycles. The molecule has 1 unspecified atom stereocenters. The van der Waals surface area contributed by atoms with Gasteiger partial charge in [0.2, 0.25) is 15.9 Å². The van der Waals surface area contributed by atoms with Gasteiger partial charge in [-0.15, -0.1) is 0 Å².